The molecule has 108 valence electrons. The fourth-order valence-electron chi connectivity index (χ4n) is 2.32. The van der Waals surface area contributed by atoms with E-state index < -0.39 is 0 Å². The molecule has 1 aromatic heterocycles. The summed E-state index contributed by atoms with van der Waals surface area (Å²) in [6.45, 7) is 7.51. The molecule has 0 aliphatic carbocycles. The molecule has 1 atom stereocenters. The monoisotopic (exact) mass is 382 g/mol. The molecular weight excluding hydrogens is 364 g/mol. The van der Waals surface area contributed by atoms with Crippen molar-refractivity contribution in [2.45, 2.75) is 31.1 Å². The highest BCUT2D eigenvalue weighted by Crippen LogP contribution is 2.39. The molecule has 0 radical (unpaired) electrons. The van der Waals surface area contributed by atoms with E-state index in [1.54, 1.807) is 11.3 Å². The Hall–Kier alpha value is 0.740. The number of thioether (sulfide) groups is 1. The molecule has 1 unspecified atom stereocenters. The van der Waals surface area contributed by atoms with Gasteiger partial charge in [0.25, 0.3) is 0 Å². The molecule has 1 aliphatic heterocycles. The summed E-state index contributed by atoms with van der Waals surface area (Å²) in [5.41, 5.74) is 6.01. The van der Waals surface area contributed by atoms with E-state index in [1.165, 1.54) is 17.1 Å². The largest absolute Gasteiger partial charge is 0.329 e. The summed E-state index contributed by atoms with van der Waals surface area (Å²) in [6.07, 6.45) is 1.20. The number of nitrogens with zero attached hydrogens (tertiary/aromatic N) is 1. The zero-order chi connectivity index (χ0) is 14.0. The van der Waals surface area contributed by atoms with Gasteiger partial charge in [-0.05, 0) is 28.4 Å². The van der Waals surface area contributed by atoms with Crippen molar-refractivity contribution < 1.29 is 0 Å². The minimum absolute atomic E-state index is 0.295. The standard InChI is InChI=1S/C13H20BrClN2S2/c1-13(2)3-4-17(5-6-18-13)10(8-16)11-7-9(14)12(15)19-11/h7,10H,3-6,8,16H2,1-2H3. The van der Waals surface area contributed by atoms with Crippen LogP contribution in [0.1, 0.15) is 31.2 Å². The molecule has 0 saturated carbocycles. The van der Waals surface area contributed by atoms with E-state index in [9.17, 15) is 0 Å². The maximum atomic E-state index is 6.16. The Labute approximate surface area is 137 Å². The molecule has 1 aromatic rings. The SMILES string of the molecule is CC1(C)CCN(C(CN)c2cc(Br)c(Cl)s2)CCS1. The lowest BCUT2D eigenvalue weighted by Crippen LogP contribution is -2.35. The predicted molar refractivity (Wildman–Crippen MR) is 91.6 cm³/mol. The van der Waals surface area contributed by atoms with Crippen LogP contribution in [-0.2, 0) is 0 Å². The molecule has 2 heterocycles. The molecule has 0 amide bonds. The Balaban J connectivity index is 2.13. The third kappa shape index (κ3) is 4.11. The highest BCUT2D eigenvalue weighted by Gasteiger charge is 2.28. The lowest BCUT2D eigenvalue weighted by molar-refractivity contribution is 0.213. The number of thiophene rings is 1. The maximum Gasteiger partial charge on any atom is 0.107 e. The summed E-state index contributed by atoms with van der Waals surface area (Å²) < 4.78 is 2.18. The van der Waals surface area contributed by atoms with E-state index in [-0.39, 0.29) is 0 Å². The molecule has 2 nitrogen and oxygen atoms in total. The lowest BCUT2D eigenvalue weighted by Gasteiger charge is -2.29. The van der Waals surface area contributed by atoms with Gasteiger partial charge in [-0.3, -0.25) is 4.90 Å². The molecular formula is C13H20BrClN2S2. The first kappa shape index (κ1) is 16.1. The Kier molecular flexibility index (Phi) is 5.66. The highest BCUT2D eigenvalue weighted by molar-refractivity contribution is 9.10. The van der Waals surface area contributed by atoms with Gasteiger partial charge in [0.2, 0.25) is 0 Å². The fourth-order valence-corrected chi connectivity index (χ4v) is 5.32. The molecule has 2 rings (SSSR count). The van der Waals surface area contributed by atoms with E-state index in [0.29, 0.717) is 17.3 Å². The Morgan fingerprint density at radius 3 is 2.84 bits per heavy atom. The third-order valence-electron chi connectivity index (χ3n) is 3.53. The van der Waals surface area contributed by atoms with Gasteiger partial charge in [0.15, 0.2) is 0 Å². The van der Waals surface area contributed by atoms with E-state index in [2.05, 4.69) is 52.5 Å². The Morgan fingerprint density at radius 2 is 2.26 bits per heavy atom. The average molecular weight is 384 g/mol. The summed E-state index contributed by atoms with van der Waals surface area (Å²) in [4.78, 5) is 3.78. The van der Waals surface area contributed by atoms with Crippen LogP contribution in [0.5, 0.6) is 0 Å². The van der Waals surface area contributed by atoms with Gasteiger partial charge in [-0.15, -0.1) is 11.3 Å². The highest BCUT2D eigenvalue weighted by atomic mass is 79.9. The van der Waals surface area contributed by atoms with Crippen LogP contribution in [-0.4, -0.2) is 35.0 Å². The predicted octanol–water partition coefficient (Wildman–Crippen LogP) is 4.38. The number of nitrogens with two attached hydrogens (primary N) is 1. The van der Waals surface area contributed by atoms with Crippen LogP contribution < -0.4 is 5.73 Å². The Bertz CT molecular complexity index is 417. The van der Waals surface area contributed by atoms with Gasteiger partial charge in [0, 0.05) is 39.5 Å². The normalized spacial score (nSPS) is 22.2. The van der Waals surface area contributed by atoms with E-state index in [0.717, 1.165) is 21.9 Å². The van der Waals surface area contributed by atoms with Crippen LogP contribution in [0.2, 0.25) is 4.34 Å². The van der Waals surface area contributed by atoms with Crippen LogP contribution >= 0.6 is 50.6 Å². The first-order valence-corrected chi connectivity index (χ1v) is 9.43. The summed E-state index contributed by atoms with van der Waals surface area (Å²) in [5.74, 6) is 1.17. The van der Waals surface area contributed by atoms with Gasteiger partial charge < -0.3 is 5.73 Å². The quantitative estimate of drug-likeness (QED) is 0.839. The van der Waals surface area contributed by atoms with E-state index in [4.69, 9.17) is 17.3 Å². The summed E-state index contributed by atoms with van der Waals surface area (Å²) in [5, 5.41) is 0. The summed E-state index contributed by atoms with van der Waals surface area (Å²) >= 11 is 13.3. The molecule has 1 fully saturated rings. The average Bonchev–Trinajstić information content (AvgIpc) is 2.56. The number of hydrogen-bond donors (Lipinski definition) is 1. The molecule has 1 aliphatic rings. The van der Waals surface area contributed by atoms with Gasteiger partial charge in [-0.1, -0.05) is 25.4 Å². The third-order valence-corrected chi connectivity index (χ3v) is 7.48. The number of halogens is 2. The molecule has 2 N–H and O–H groups in total. The second-order valence-electron chi connectivity index (χ2n) is 5.42. The van der Waals surface area contributed by atoms with Crippen LogP contribution in [0.15, 0.2) is 10.5 Å². The van der Waals surface area contributed by atoms with Gasteiger partial charge >= 0.3 is 0 Å². The van der Waals surface area contributed by atoms with Gasteiger partial charge in [0.1, 0.15) is 4.34 Å². The van der Waals surface area contributed by atoms with E-state index >= 15 is 0 Å². The first-order chi connectivity index (χ1) is 8.93. The van der Waals surface area contributed by atoms with Gasteiger partial charge in [0.05, 0.1) is 6.04 Å². The van der Waals surface area contributed by atoms with Crippen molar-refractivity contribution in [3.05, 3.63) is 19.8 Å². The van der Waals surface area contributed by atoms with Crippen LogP contribution in [0.3, 0.4) is 0 Å². The van der Waals surface area contributed by atoms with Gasteiger partial charge in [-0.25, -0.2) is 0 Å². The van der Waals surface area contributed by atoms with Crippen molar-refractivity contribution in [2.24, 2.45) is 5.73 Å². The second-order valence-corrected chi connectivity index (χ2v) is 9.76. The molecule has 6 heteroatoms. The zero-order valence-electron chi connectivity index (χ0n) is 11.3. The number of rotatable bonds is 3. The minimum Gasteiger partial charge on any atom is -0.329 e. The topological polar surface area (TPSA) is 29.3 Å². The van der Waals surface area contributed by atoms with Crippen molar-refractivity contribution in [3.63, 3.8) is 0 Å². The Morgan fingerprint density at radius 1 is 1.53 bits per heavy atom. The molecule has 1 saturated heterocycles. The summed E-state index contributed by atoms with van der Waals surface area (Å²) in [7, 11) is 0. The minimum atomic E-state index is 0.295. The fraction of sp³-hybridized carbons (Fsp3) is 0.692. The smallest absolute Gasteiger partial charge is 0.107 e. The van der Waals surface area contributed by atoms with Crippen molar-refractivity contribution in [2.75, 3.05) is 25.4 Å². The first-order valence-electron chi connectivity index (χ1n) is 6.46. The van der Waals surface area contributed by atoms with Crippen LogP contribution in [0.25, 0.3) is 0 Å². The van der Waals surface area contributed by atoms with Gasteiger partial charge in [-0.2, -0.15) is 11.8 Å². The summed E-state index contributed by atoms with van der Waals surface area (Å²) in [6, 6.07) is 2.41. The van der Waals surface area contributed by atoms with Crippen molar-refractivity contribution >= 4 is 50.6 Å². The number of hydrogen-bond acceptors (Lipinski definition) is 4. The van der Waals surface area contributed by atoms with Crippen molar-refractivity contribution in [1.82, 2.24) is 4.90 Å². The molecule has 0 aromatic carbocycles. The maximum absolute atomic E-state index is 6.16. The molecule has 19 heavy (non-hydrogen) atoms. The zero-order valence-corrected chi connectivity index (χ0v) is 15.3. The second kappa shape index (κ2) is 6.67. The molecule has 0 bridgehead atoms. The van der Waals surface area contributed by atoms with Crippen LogP contribution in [0, 0.1) is 0 Å². The van der Waals surface area contributed by atoms with E-state index in [1.807, 2.05) is 0 Å². The van der Waals surface area contributed by atoms with Crippen molar-refractivity contribution in [3.8, 4) is 0 Å². The van der Waals surface area contributed by atoms with Crippen LogP contribution in [0.4, 0.5) is 0 Å². The van der Waals surface area contributed by atoms with Crippen molar-refractivity contribution in [1.29, 1.82) is 0 Å². The molecule has 0 spiro atoms. The lowest BCUT2D eigenvalue weighted by atomic mass is 10.1.